The van der Waals surface area contributed by atoms with Gasteiger partial charge in [0.05, 0.1) is 6.54 Å². The maximum Gasteiger partial charge on any atom is 0.418 e. The fourth-order valence-electron chi connectivity index (χ4n) is 2.73. The molecule has 0 bridgehead atoms. The number of carbonyl (C=O) groups is 2. The van der Waals surface area contributed by atoms with Crippen LogP contribution < -0.4 is 5.32 Å². The summed E-state index contributed by atoms with van der Waals surface area (Å²) < 4.78 is 44.0. The Labute approximate surface area is 137 Å². The van der Waals surface area contributed by atoms with Crippen LogP contribution in [0.3, 0.4) is 0 Å². The van der Waals surface area contributed by atoms with E-state index in [1.54, 1.807) is 18.2 Å². The van der Waals surface area contributed by atoms with E-state index in [1.165, 1.54) is 17.9 Å². The highest BCUT2D eigenvalue weighted by atomic mass is 19.4. The molecule has 2 rings (SSSR count). The van der Waals surface area contributed by atoms with Crippen LogP contribution in [0.5, 0.6) is 0 Å². The van der Waals surface area contributed by atoms with E-state index in [0.29, 0.717) is 11.3 Å². The van der Waals surface area contributed by atoms with Gasteiger partial charge in [0.15, 0.2) is 11.4 Å². The van der Waals surface area contributed by atoms with Gasteiger partial charge in [-0.3, -0.25) is 14.5 Å². The molecule has 24 heavy (non-hydrogen) atoms. The molecule has 1 aliphatic rings. The number of benzene rings is 1. The monoisotopic (exact) mass is 344 g/mol. The number of Topliss-reactive ketones (excluding diaryl/α,β-unsaturated/α-hetero) is 1. The first-order valence-electron chi connectivity index (χ1n) is 7.42. The van der Waals surface area contributed by atoms with Gasteiger partial charge in [0.2, 0.25) is 5.91 Å². The van der Waals surface area contributed by atoms with Gasteiger partial charge < -0.3 is 10.1 Å². The number of anilines is 1. The van der Waals surface area contributed by atoms with Crippen LogP contribution in [-0.4, -0.2) is 55.1 Å². The zero-order valence-corrected chi connectivity index (χ0v) is 13.4. The van der Waals surface area contributed by atoms with Crippen LogP contribution in [0.1, 0.15) is 23.7 Å². The fraction of sp³-hybridized carbons (Fsp3) is 0.500. The van der Waals surface area contributed by atoms with Crippen LogP contribution >= 0.6 is 0 Å². The number of ketones is 1. The van der Waals surface area contributed by atoms with Crippen LogP contribution in [0.15, 0.2) is 24.3 Å². The zero-order valence-electron chi connectivity index (χ0n) is 13.4. The van der Waals surface area contributed by atoms with Crippen LogP contribution in [0, 0.1) is 0 Å². The number of amides is 1. The molecule has 8 heteroatoms. The van der Waals surface area contributed by atoms with E-state index in [9.17, 15) is 22.8 Å². The van der Waals surface area contributed by atoms with Crippen molar-refractivity contribution >= 4 is 17.4 Å². The quantitative estimate of drug-likeness (QED) is 0.834. The van der Waals surface area contributed by atoms with Gasteiger partial charge >= 0.3 is 6.18 Å². The van der Waals surface area contributed by atoms with Crippen molar-refractivity contribution in [3.63, 3.8) is 0 Å². The second kappa shape index (κ2) is 6.90. The van der Waals surface area contributed by atoms with Crippen molar-refractivity contribution in [2.45, 2.75) is 25.1 Å². The Bertz CT molecular complexity index is 633. The summed E-state index contributed by atoms with van der Waals surface area (Å²) in [4.78, 5) is 24.8. The standard InChI is InChI=1S/C16H19F3N2O3/c1-11(22)12-4-3-5-13(8-12)20-14(23)9-21-7-6-15(10-21,24-2)16(17,18)19/h3-5,8H,6-7,9-10H2,1-2H3,(H,20,23). The normalized spacial score (nSPS) is 21.7. The van der Waals surface area contributed by atoms with Crippen LogP contribution in [0.4, 0.5) is 18.9 Å². The molecule has 1 aromatic rings. The van der Waals surface area contributed by atoms with Crippen LogP contribution in [0.2, 0.25) is 0 Å². The van der Waals surface area contributed by atoms with E-state index < -0.39 is 17.7 Å². The molecule has 1 saturated heterocycles. The summed E-state index contributed by atoms with van der Waals surface area (Å²) in [5.74, 6) is -0.578. The van der Waals surface area contributed by atoms with Gasteiger partial charge in [-0.15, -0.1) is 0 Å². The lowest BCUT2D eigenvalue weighted by molar-refractivity contribution is -0.263. The number of carbonyl (C=O) groups excluding carboxylic acids is 2. The van der Waals surface area contributed by atoms with Crippen molar-refractivity contribution in [1.29, 1.82) is 0 Å². The molecule has 1 aromatic carbocycles. The van der Waals surface area contributed by atoms with Crippen LogP contribution in [-0.2, 0) is 9.53 Å². The van der Waals surface area contributed by atoms with Crippen molar-refractivity contribution in [3.05, 3.63) is 29.8 Å². The molecule has 5 nitrogen and oxygen atoms in total. The third-order valence-electron chi connectivity index (χ3n) is 4.14. The molecule has 0 radical (unpaired) electrons. The molecule has 1 amide bonds. The van der Waals surface area contributed by atoms with Gasteiger partial charge in [0.25, 0.3) is 0 Å². The van der Waals surface area contributed by atoms with Gasteiger partial charge in [-0.1, -0.05) is 12.1 Å². The maximum absolute atomic E-state index is 13.1. The Kier molecular flexibility index (Phi) is 5.29. The Morgan fingerprint density at radius 3 is 2.62 bits per heavy atom. The SMILES string of the molecule is COC1(C(F)(F)F)CCN(CC(=O)Nc2cccc(C(C)=O)c2)C1. The van der Waals surface area contributed by atoms with E-state index in [1.807, 2.05) is 0 Å². The Balaban J connectivity index is 1.97. The highest BCUT2D eigenvalue weighted by molar-refractivity contribution is 5.97. The number of halogens is 3. The molecule has 0 aromatic heterocycles. The number of methoxy groups -OCH3 is 1. The minimum atomic E-state index is -4.48. The van der Waals surface area contributed by atoms with E-state index in [0.717, 1.165) is 7.11 Å². The molecule has 1 unspecified atom stereocenters. The molecule has 0 spiro atoms. The number of rotatable bonds is 5. The van der Waals surface area contributed by atoms with Crippen molar-refractivity contribution in [3.8, 4) is 0 Å². The van der Waals surface area contributed by atoms with E-state index in [4.69, 9.17) is 4.74 Å². The molecule has 0 aliphatic carbocycles. The van der Waals surface area contributed by atoms with Gasteiger partial charge in [0.1, 0.15) is 0 Å². The topological polar surface area (TPSA) is 58.6 Å². The Morgan fingerprint density at radius 1 is 1.38 bits per heavy atom. The lowest BCUT2D eigenvalue weighted by Gasteiger charge is -2.30. The number of alkyl halides is 3. The third kappa shape index (κ3) is 3.93. The van der Waals surface area contributed by atoms with Gasteiger partial charge in [0, 0.05) is 31.5 Å². The molecular formula is C16H19F3N2O3. The predicted molar refractivity (Wildman–Crippen MR) is 81.9 cm³/mol. The van der Waals surface area contributed by atoms with Crippen molar-refractivity contribution < 1.29 is 27.5 Å². The lowest BCUT2D eigenvalue weighted by Crippen LogP contribution is -2.49. The van der Waals surface area contributed by atoms with Gasteiger partial charge in [-0.25, -0.2) is 0 Å². The second-order valence-electron chi connectivity index (χ2n) is 5.84. The van der Waals surface area contributed by atoms with Crippen molar-refractivity contribution in [2.24, 2.45) is 0 Å². The summed E-state index contributed by atoms with van der Waals surface area (Å²) in [5, 5.41) is 2.59. The Hall–Kier alpha value is -1.93. The zero-order chi connectivity index (χ0) is 18.0. The first-order chi connectivity index (χ1) is 11.2. The molecule has 1 atom stereocenters. The number of nitrogens with zero attached hydrogens (tertiary/aromatic N) is 1. The molecule has 1 aliphatic heterocycles. The molecular weight excluding hydrogens is 325 g/mol. The summed E-state index contributed by atoms with van der Waals surface area (Å²) >= 11 is 0. The van der Waals surface area contributed by atoms with E-state index >= 15 is 0 Å². The summed E-state index contributed by atoms with van der Waals surface area (Å²) in [6, 6.07) is 6.39. The van der Waals surface area contributed by atoms with E-state index in [-0.39, 0.29) is 31.8 Å². The molecule has 1 fully saturated rings. The van der Waals surface area contributed by atoms with Gasteiger partial charge in [-0.05, 0) is 25.5 Å². The number of likely N-dealkylation sites (tertiary alicyclic amines) is 1. The highest BCUT2D eigenvalue weighted by Crippen LogP contribution is 2.40. The minimum absolute atomic E-state index is 0.119. The third-order valence-corrected chi connectivity index (χ3v) is 4.14. The largest absolute Gasteiger partial charge is 0.418 e. The summed E-state index contributed by atoms with van der Waals surface area (Å²) in [7, 11) is 1.03. The Morgan fingerprint density at radius 2 is 2.08 bits per heavy atom. The first kappa shape index (κ1) is 18.4. The lowest BCUT2D eigenvalue weighted by atomic mass is 10.0. The first-order valence-corrected chi connectivity index (χ1v) is 7.42. The van der Waals surface area contributed by atoms with Gasteiger partial charge in [-0.2, -0.15) is 13.2 Å². The number of ether oxygens (including phenoxy) is 1. The summed E-state index contributed by atoms with van der Waals surface area (Å²) in [6.07, 6.45) is -4.69. The summed E-state index contributed by atoms with van der Waals surface area (Å²) in [5.41, 5.74) is -1.34. The fourth-order valence-corrected chi connectivity index (χ4v) is 2.73. The molecule has 132 valence electrons. The van der Waals surface area contributed by atoms with Crippen molar-refractivity contribution in [1.82, 2.24) is 4.90 Å². The molecule has 0 saturated carbocycles. The number of hydrogen-bond donors (Lipinski definition) is 1. The average Bonchev–Trinajstić information content (AvgIpc) is 2.91. The molecule has 1 heterocycles. The predicted octanol–water partition coefficient (Wildman–Crippen LogP) is 2.48. The minimum Gasteiger partial charge on any atom is -0.367 e. The smallest absolute Gasteiger partial charge is 0.367 e. The highest BCUT2D eigenvalue weighted by Gasteiger charge is 2.58. The molecule has 1 N–H and O–H groups in total. The van der Waals surface area contributed by atoms with Crippen LogP contribution in [0.25, 0.3) is 0 Å². The average molecular weight is 344 g/mol. The number of hydrogen-bond acceptors (Lipinski definition) is 4. The van der Waals surface area contributed by atoms with E-state index in [2.05, 4.69) is 5.32 Å². The summed E-state index contributed by atoms with van der Waals surface area (Å²) in [6.45, 7) is 0.973. The van der Waals surface area contributed by atoms with Crippen molar-refractivity contribution in [2.75, 3.05) is 32.1 Å². The maximum atomic E-state index is 13.1. The number of nitrogens with one attached hydrogen (secondary N) is 1. The second-order valence-corrected chi connectivity index (χ2v) is 5.84.